The van der Waals surface area contributed by atoms with Gasteiger partial charge < -0.3 is 18.4 Å². The lowest BCUT2D eigenvalue weighted by Crippen LogP contribution is -2.51. The van der Waals surface area contributed by atoms with Crippen LogP contribution in [0.5, 0.6) is 0 Å². The van der Waals surface area contributed by atoms with E-state index >= 15 is 0 Å². The normalized spacial score (nSPS) is 22.3. The fourth-order valence-electron chi connectivity index (χ4n) is 5.04. The summed E-state index contributed by atoms with van der Waals surface area (Å²) in [5.41, 5.74) is 0. The van der Waals surface area contributed by atoms with Gasteiger partial charge in [-0.1, -0.05) is 103 Å². The third-order valence-corrected chi connectivity index (χ3v) is 8.98. The molecule has 6 heteroatoms. The van der Waals surface area contributed by atoms with Crippen molar-refractivity contribution in [2.24, 2.45) is 0 Å². The minimum absolute atomic E-state index is 0.211. The molecule has 1 saturated heterocycles. The van der Waals surface area contributed by atoms with Crippen molar-refractivity contribution in [3.8, 4) is 0 Å². The summed E-state index contributed by atoms with van der Waals surface area (Å²) in [5.74, 6) is 0. The van der Waals surface area contributed by atoms with Crippen LogP contribution >= 0.6 is 7.82 Å². The SMILES string of the molecule is CCCCCCCC/C=C\CCCCCCCCCCCCOP(=O)([O-])OC1CC[N+](C)(CC)CC1. The van der Waals surface area contributed by atoms with E-state index in [0.717, 1.165) is 56.2 Å². The van der Waals surface area contributed by atoms with Gasteiger partial charge in [-0.2, -0.15) is 0 Å². The molecule has 1 heterocycles. The van der Waals surface area contributed by atoms with E-state index in [1.54, 1.807) is 0 Å². The molecule has 0 aromatic heterocycles. The first kappa shape index (κ1) is 33.8. The number of phosphoric acid groups is 1. The number of phosphoric ester groups is 1. The molecule has 1 aliphatic heterocycles. The summed E-state index contributed by atoms with van der Waals surface area (Å²) in [6.07, 6.45) is 29.2. The Labute approximate surface area is 224 Å². The largest absolute Gasteiger partial charge is 0.756 e. The molecule has 1 aliphatic rings. The Balaban J connectivity index is 1.83. The third-order valence-electron chi connectivity index (χ3n) is 7.93. The highest BCUT2D eigenvalue weighted by Crippen LogP contribution is 2.42. The van der Waals surface area contributed by atoms with E-state index in [1.165, 1.54) is 96.3 Å². The minimum Gasteiger partial charge on any atom is -0.756 e. The second kappa shape index (κ2) is 21.7. The van der Waals surface area contributed by atoms with Crippen LogP contribution in [-0.2, 0) is 13.6 Å². The Morgan fingerprint density at radius 1 is 0.750 bits per heavy atom. The summed E-state index contributed by atoms with van der Waals surface area (Å²) >= 11 is 0. The molecule has 1 fully saturated rings. The van der Waals surface area contributed by atoms with Gasteiger partial charge >= 0.3 is 0 Å². The molecule has 1 rings (SSSR count). The minimum atomic E-state index is -4.17. The molecule has 0 amide bonds. The number of unbranched alkanes of at least 4 members (excludes halogenated alkanes) is 16. The zero-order valence-electron chi connectivity index (χ0n) is 24.2. The first-order valence-electron chi connectivity index (χ1n) is 15.5. The summed E-state index contributed by atoms with van der Waals surface area (Å²) in [6, 6.07) is 0. The van der Waals surface area contributed by atoms with Crippen LogP contribution in [0.1, 0.15) is 142 Å². The molecule has 5 nitrogen and oxygen atoms in total. The molecule has 0 aromatic carbocycles. The topological polar surface area (TPSA) is 58.6 Å². The van der Waals surface area contributed by atoms with Crippen LogP contribution in [0.15, 0.2) is 12.2 Å². The number of allylic oxidation sites excluding steroid dienone is 2. The predicted octanol–water partition coefficient (Wildman–Crippen LogP) is 8.71. The standard InChI is InChI=1S/C30H60NO4P/c1-4-6-7-8-9-10-11-12-13-14-15-16-17-18-19-20-21-22-23-24-29-34-36(32,33)35-30-25-27-31(3,5-2)28-26-30/h12-13,30H,4-11,14-29H2,1-3H3/b13-12-. The average Bonchev–Trinajstić information content (AvgIpc) is 2.86. The van der Waals surface area contributed by atoms with Gasteiger partial charge in [-0.25, -0.2) is 0 Å². The van der Waals surface area contributed by atoms with Crippen LogP contribution in [0.25, 0.3) is 0 Å². The summed E-state index contributed by atoms with van der Waals surface area (Å²) in [4.78, 5) is 12.1. The van der Waals surface area contributed by atoms with Crippen LogP contribution in [0.3, 0.4) is 0 Å². The first-order chi connectivity index (χ1) is 17.4. The van der Waals surface area contributed by atoms with E-state index in [-0.39, 0.29) is 12.7 Å². The summed E-state index contributed by atoms with van der Waals surface area (Å²) in [7, 11) is -1.94. The number of nitrogens with zero attached hydrogens (tertiary/aromatic N) is 1. The maximum Gasteiger partial charge on any atom is 0.268 e. The summed E-state index contributed by atoms with van der Waals surface area (Å²) < 4.78 is 23.5. The lowest BCUT2D eigenvalue weighted by Gasteiger charge is -2.40. The molecule has 0 radical (unpaired) electrons. The molecule has 0 N–H and O–H groups in total. The van der Waals surface area contributed by atoms with Crippen molar-refractivity contribution in [2.45, 2.75) is 148 Å². The van der Waals surface area contributed by atoms with Gasteiger partial charge in [0.25, 0.3) is 7.82 Å². The highest BCUT2D eigenvalue weighted by molar-refractivity contribution is 7.45. The maximum atomic E-state index is 12.1. The first-order valence-corrected chi connectivity index (χ1v) is 17.0. The zero-order valence-corrected chi connectivity index (χ0v) is 25.1. The molecule has 1 unspecified atom stereocenters. The van der Waals surface area contributed by atoms with Crippen molar-refractivity contribution in [3.63, 3.8) is 0 Å². The van der Waals surface area contributed by atoms with Crippen LogP contribution in [0.2, 0.25) is 0 Å². The van der Waals surface area contributed by atoms with Crippen LogP contribution in [-0.4, -0.2) is 43.9 Å². The molecule has 0 aromatic rings. The average molecular weight is 530 g/mol. The smallest absolute Gasteiger partial charge is 0.268 e. The van der Waals surface area contributed by atoms with E-state index in [9.17, 15) is 9.46 Å². The van der Waals surface area contributed by atoms with Gasteiger partial charge in [0.1, 0.15) is 0 Å². The highest BCUT2D eigenvalue weighted by Gasteiger charge is 2.31. The Bertz CT molecular complexity index is 575. The fourth-order valence-corrected chi connectivity index (χ4v) is 6.02. The van der Waals surface area contributed by atoms with Gasteiger partial charge in [-0.3, -0.25) is 4.57 Å². The third kappa shape index (κ3) is 19.0. The van der Waals surface area contributed by atoms with Gasteiger partial charge in [0.15, 0.2) is 0 Å². The molecular formula is C30H60NO4P. The molecule has 1 atom stereocenters. The molecule has 0 spiro atoms. The molecule has 214 valence electrons. The Morgan fingerprint density at radius 3 is 1.67 bits per heavy atom. The molecule has 0 bridgehead atoms. The Hall–Kier alpha value is -0.190. The van der Waals surface area contributed by atoms with E-state index in [4.69, 9.17) is 9.05 Å². The predicted molar refractivity (Wildman–Crippen MR) is 152 cm³/mol. The number of quaternary nitrogens is 1. The van der Waals surface area contributed by atoms with Crippen molar-refractivity contribution >= 4 is 7.82 Å². The quantitative estimate of drug-likeness (QED) is 0.0543. The van der Waals surface area contributed by atoms with Gasteiger partial charge in [0.05, 0.1) is 39.4 Å². The van der Waals surface area contributed by atoms with Gasteiger partial charge in [0.2, 0.25) is 0 Å². The number of hydrogen-bond donors (Lipinski definition) is 0. The second-order valence-electron chi connectivity index (χ2n) is 11.3. The number of piperidine rings is 1. The van der Waals surface area contributed by atoms with E-state index in [0.29, 0.717) is 0 Å². The number of rotatable bonds is 24. The Kier molecular flexibility index (Phi) is 20.4. The fraction of sp³-hybridized carbons (Fsp3) is 0.933. The molecular weight excluding hydrogens is 469 g/mol. The summed E-state index contributed by atoms with van der Waals surface area (Å²) in [6.45, 7) is 7.73. The van der Waals surface area contributed by atoms with Crippen molar-refractivity contribution in [3.05, 3.63) is 12.2 Å². The number of likely N-dealkylation sites (tertiary alicyclic amines) is 1. The molecule has 36 heavy (non-hydrogen) atoms. The van der Waals surface area contributed by atoms with E-state index < -0.39 is 7.82 Å². The highest BCUT2D eigenvalue weighted by atomic mass is 31.2. The van der Waals surface area contributed by atoms with E-state index in [2.05, 4.69) is 33.0 Å². The van der Waals surface area contributed by atoms with Gasteiger partial charge in [-0.05, 0) is 39.0 Å². The maximum absolute atomic E-state index is 12.1. The number of hydrogen-bond acceptors (Lipinski definition) is 4. The zero-order chi connectivity index (χ0) is 26.4. The second-order valence-corrected chi connectivity index (χ2v) is 12.7. The van der Waals surface area contributed by atoms with Gasteiger partial charge in [-0.15, -0.1) is 0 Å². The van der Waals surface area contributed by atoms with Crippen molar-refractivity contribution in [1.82, 2.24) is 0 Å². The van der Waals surface area contributed by atoms with Crippen LogP contribution in [0, 0.1) is 0 Å². The van der Waals surface area contributed by atoms with Crippen molar-refractivity contribution < 1.29 is 23.0 Å². The van der Waals surface area contributed by atoms with Crippen LogP contribution < -0.4 is 4.89 Å². The molecule has 0 aliphatic carbocycles. The monoisotopic (exact) mass is 529 g/mol. The van der Waals surface area contributed by atoms with Crippen molar-refractivity contribution in [1.29, 1.82) is 0 Å². The van der Waals surface area contributed by atoms with Crippen molar-refractivity contribution in [2.75, 3.05) is 33.3 Å². The Morgan fingerprint density at radius 2 is 1.19 bits per heavy atom. The van der Waals surface area contributed by atoms with Crippen LogP contribution in [0.4, 0.5) is 0 Å². The molecule has 0 saturated carbocycles. The summed E-state index contributed by atoms with van der Waals surface area (Å²) in [5, 5.41) is 0. The lowest BCUT2D eigenvalue weighted by atomic mass is 10.1. The van der Waals surface area contributed by atoms with E-state index in [1.807, 2.05) is 0 Å². The van der Waals surface area contributed by atoms with Gasteiger partial charge in [0, 0.05) is 12.8 Å². The lowest BCUT2D eigenvalue weighted by molar-refractivity contribution is -0.913.